The Kier molecular flexibility index (Phi) is 5.97. The Morgan fingerprint density at radius 2 is 2.03 bits per heavy atom. The molecule has 2 aromatic heterocycles. The third-order valence-electron chi connectivity index (χ3n) is 5.56. The van der Waals surface area contributed by atoms with Gasteiger partial charge in [0, 0.05) is 35.7 Å². The highest BCUT2D eigenvalue weighted by molar-refractivity contribution is 9.10. The smallest absolute Gasteiger partial charge is 0.362 e. The van der Waals surface area contributed by atoms with Crippen molar-refractivity contribution in [1.29, 1.82) is 0 Å². The highest BCUT2D eigenvalue weighted by atomic mass is 79.9. The molecule has 0 radical (unpaired) electrons. The number of benzene rings is 1. The molecule has 0 fully saturated rings. The molecule has 1 aliphatic rings. The molecular weight excluding hydrogens is 513 g/mol. The summed E-state index contributed by atoms with van der Waals surface area (Å²) in [7, 11) is 1.77. The van der Waals surface area contributed by atoms with Crippen LogP contribution in [0.4, 0.5) is 19.0 Å². The summed E-state index contributed by atoms with van der Waals surface area (Å²) in [6.45, 7) is 1.99. The molecule has 170 valence electrons. The van der Waals surface area contributed by atoms with E-state index in [2.05, 4.69) is 36.8 Å². The summed E-state index contributed by atoms with van der Waals surface area (Å²) in [4.78, 5) is 12.7. The Balaban J connectivity index is 1.63. The first-order valence-electron chi connectivity index (χ1n) is 9.68. The van der Waals surface area contributed by atoms with Crippen LogP contribution < -0.4 is 10.6 Å². The molecule has 3 aromatic rings. The maximum atomic E-state index is 13.9. The molecule has 3 heterocycles. The lowest BCUT2D eigenvalue weighted by Crippen LogP contribution is -2.35. The van der Waals surface area contributed by atoms with Crippen molar-refractivity contribution in [1.82, 2.24) is 24.9 Å². The van der Waals surface area contributed by atoms with Gasteiger partial charge in [0.2, 0.25) is 0 Å². The van der Waals surface area contributed by atoms with Crippen molar-refractivity contribution in [3.05, 3.63) is 62.5 Å². The maximum Gasteiger partial charge on any atom is 0.410 e. The minimum absolute atomic E-state index is 0.0316. The summed E-state index contributed by atoms with van der Waals surface area (Å²) in [6.07, 6.45) is -3.24. The Bertz CT molecular complexity index is 1160. The van der Waals surface area contributed by atoms with Crippen molar-refractivity contribution in [2.75, 3.05) is 5.32 Å². The highest BCUT2D eigenvalue weighted by Gasteiger charge is 2.47. The first-order valence-corrected chi connectivity index (χ1v) is 10.9. The van der Waals surface area contributed by atoms with E-state index in [0.29, 0.717) is 5.56 Å². The van der Waals surface area contributed by atoms with E-state index in [1.165, 1.54) is 0 Å². The van der Waals surface area contributed by atoms with E-state index < -0.39 is 24.2 Å². The number of amides is 1. The van der Waals surface area contributed by atoms with Gasteiger partial charge >= 0.3 is 6.18 Å². The molecule has 0 spiro atoms. The number of carbonyl (C=O) groups excluding carboxylic acids is 1. The maximum absolute atomic E-state index is 13.9. The molecular formula is C20H19BrClF3N6O. The van der Waals surface area contributed by atoms with Gasteiger partial charge in [-0.1, -0.05) is 39.7 Å². The van der Waals surface area contributed by atoms with E-state index >= 15 is 0 Å². The molecule has 2 N–H and O–H groups in total. The van der Waals surface area contributed by atoms with E-state index in [9.17, 15) is 18.0 Å². The highest BCUT2D eigenvalue weighted by Crippen LogP contribution is 2.46. The number of aromatic nitrogens is 4. The topological polar surface area (TPSA) is 76.8 Å². The third kappa shape index (κ3) is 4.23. The largest absolute Gasteiger partial charge is 0.410 e. The monoisotopic (exact) mass is 530 g/mol. The zero-order valence-electron chi connectivity index (χ0n) is 17.0. The van der Waals surface area contributed by atoms with Crippen LogP contribution in [-0.2, 0) is 13.6 Å². The van der Waals surface area contributed by atoms with Gasteiger partial charge in [0.1, 0.15) is 10.8 Å². The predicted molar refractivity (Wildman–Crippen MR) is 117 cm³/mol. The van der Waals surface area contributed by atoms with E-state index in [1.807, 2.05) is 6.92 Å². The zero-order valence-corrected chi connectivity index (χ0v) is 19.4. The second-order valence-electron chi connectivity index (χ2n) is 7.56. The van der Waals surface area contributed by atoms with Gasteiger partial charge in [-0.25, -0.2) is 4.68 Å². The van der Waals surface area contributed by atoms with Crippen LogP contribution in [0.5, 0.6) is 0 Å². The van der Waals surface area contributed by atoms with Gasteiger partial charge in [-0.2, -0.15) is 23.4 Å². The molecule has 12 heteroatoms. The predicted octanol–water partition coefficient (Wildman–Crippen LogP) is 4.93. The van der Waals surface area contributed by atoms with Crippen LogP contribution in [0.2, 0.25) is 5.02 Å². The Hall–Kier alpha value is -2.53. The second-order valence-corrected chi connectivity index (χ2v) is 8.85. The lowest BCUT2D eigenvalue weighted by molar-refractivity contribution is -0.173. The van der Waals surface area contributed by atoms with Gasteiger partial charge in [0.25, 0.3) is 5.91 Å². The minimum atomic E-state index is -4.57. The number of carbonyl (C=O) groups is 1. The van der Waals surface area contributed by atoms with Crippen molar-refractivity contribution in [2.45, 2.75) is 38.1 Å². The van der Waals surface area contributed by atoms with E-state index in [1.54, 1.807) is 42.2 Å². The normalized spacial score (nSPS) is 18.2. The molecule has 0 bridgehead atoms. The van der Waals surface area contributed by atoms with Crippen molar-refractivity contribution in [2.24, 2.45) is 7.05 Å². The number of hydrogen-bond donors (Lipinski definition) is 2. The van der Waals surface area contributed by atoms with Gasteiger partial charge in [-0.3, -0.25) is 9.48 Å². The number of halogens is 5. The van der Waals surface area contributed by atoms with E-state index in [0.717, 1.165) is 20.4 Å². The summed E-state index contributed by atoms with van der Waals surface area (Å²) >= 11 is 9.67. The number of anilines is 1. The summed E-state index contributed by atoms with van der Waals surface area (Å²) in [5.74, 6) is -0.695. The number of rotatable bonds is 4. The molecule has 1 amide bonds. The average Bonchev–Trinajstić information content (AvgIpc) is 3.25. The van der Waals surface area contributed by atoms with Crippen molar-refractivity contribution < 1.29 is 18.0 Å². The fourth-order valence-electron chi connectivity index (χ4n) is 3.63. The fraction of sp³-hybridized carbons (Fsp3) is 0.350. The van der Waals surface area contributed by atoms with Gasteiger partial charge in [-0.15, -0.1) is 0 Å². The minimum Gasteiger partial charge on any atom is -0.362 e. The van der Waals surface area contributed by atoms with Crippen LogP contribution in [0.1, 0.15) is 45.8 Å². The number of hydrogen-bond acceptors (Lipinski definition) is 4. The molecule has 32 heavy (non-hydrogen) atoms. The van der Waals surface area contributed by atoms with Gasteiger partial charge < -0.3 is 10.6 Å². The molecule has 0 saturated carbocycles. The van der Waals surface area contributed by atoms with Gasteiger partial charge in [-0.05, 0) is 24.6 Å². The quantitative estimate of drug-likeness (QED) is 0.501. The van der Waals surface area contributed by atoms with Crippen molar-refractivity contribution in [3.63, 3.8) is 0 Å². The number of fused-ring (bicyclic) bond motifs is 1. The van der Waals surface area contributed by atoms with E-state index in [-0.39, 0.29) is 29.5 Å². The Morgan fingerprint density at radius 3 is 2.62 bits per heavy atom. The van der Waals surface area contributed by atoms with Crippen molar-refractivity contribution >= 4 is 39.3 Å². The summed E-state index contributed by atoms with van der Waals surface area (Å²) < 4.78 is 44.9. The first kappa shape index (κ1) is 22.7. The standard InChI is InChI=1S/C20H19BrClF3N6O/c1-10-12(9-27-30(10)2)8-26-19(32)17-16(22)18-28-14(11-3-5-13(21)6-4-11)7-15(20(23,24)25)31(18)29-17/h3-6,9,14-15,28H,7-8H2,1-2H3,(H,26,32). The van der Waals surface area contributed by atoms with Crippen LogP contribution >= 0.6 is 27.5 Å². The fourth-order valence-corrected chi connectivity index (χ4v) is 4.15. The van der Waals surface area contributed by atoms with Crippen LogP contribution in [0, 0.1) is 6.92 Å². The molecule has 2 atom stereocenters. The summed E-state index contributed by atoms with van der Waals surface area (Å²) in [5.41, 5.74) is 2.05. The average molecular weight is 532 g/mol. The second kappa shape index (κ2) is 8.43. The molecule has 4 rings (SSSR count). The number of nitrogens with one attached hydrogen (secondary N) is 2. The van der Waals surface area contributed by atoms with Crippen molar-refractivity contribution in [3.8, 4) is 0 Å². The third-order valence-corrected chi connectivity index (χ3v) is 6.45. The number of alkyl halides is 3. The number of nitrogens with zero attached hydrogens (tertiary/aromatic N) is 4. The molecule has 1 aromatic carbocycles. The van der Waals surface area contributed by atoms with Crippen LogP contribution in [0.25, 0.3) is 0 Å². The van der Waals surface area contributed by atoms with Gasteiger partial charge in [0.05, 0.1) is 12.2 Å². The lowest BCUT2D eigenvalue weighted by Gasteiger charge is -2.33. The summed E-state index contributed by atoms with van der Waals surface area (Å²) in [5, 5.41) is 13.6. The van der Waals surface area contributed by atoms with Crippen LogP contribution in [0.3, 0.4) is 0 Å². The molecule has 1 aliphatic heterocycles. The molecule has 2 unspecified atom stereocenters. The lowest BCUT2D eigenvalue weighted by atomic mass is 9.97. The Morgan fingerprint density at radius 1 is 1.34 bits per heavy atom. The first-order chi connectivity index (χ1) is 15.1. The summed E-state index contributed by atoms with van der Waals surface area (Å²) in [6, 6.07) is 4.41. The Labute approximate surface area is 195 Å². The van der Waals surface area contributed by atoms with Crippen LogP contribution in [0.15, 0.2) is 34.9 Å². The molecule has 7 nitrogen and oxygen atoms in total. The number of aryl methyl sites for hydroxylation is 1. The van der Waals surface area contributed by atoms with Crippen LogP contribution in [-0.4, -0.2) is 31.6 Å². The molecule has 0 aliphatic carbocycles. The van der Waals surface area contributed by atoms with E-state index in [4.69, 9.17) is 11.6 Å². The SMILES string of the molecule is Cc1c(CNC(=O)c2nn3c(c2Cl)NC(c2ccc(Br)cc2)CC3C(F)(F)F)cnn1C. The zero-order chi connectivity index (χ0) is 23.2. The molecule has 0 saturated heterocycles. The van der Waals surface area contributed by atoms with Gasteiger partial charge in [0.15, 0.2) is 11.7 Å².